The fourth-order valence-electron chi connectivity index (χ4n) is 2.06. The maximum atomic E-state index is 12.0. The quantitative estimate of drug-likeness (QED) is 0.580. The van der Waals surface area contributed by atoms with Gasteiger partial charge in [0.1, 0.15) is 11.6 Å². The van der Waals surface area contributed by atoms with Crippen LogP contribution in [0, 0.1) is 0 Å². The first-order valence-electron chi connectivity index (χ1n) is 6.52. The third-order valence-electron chi connectivity index (χ3n) is 3.46. The van der Waals surface area contributed by atoms with E-state index < -0.39 is 35.4 Å². The molecule has 1 fully saturated rings. The number of rotatable bonds is 4. The Kier molecular flexibility index (Phi) is 3.85. The van der Waals surface area contributed by atoms with Crippen LogP contribution in [-0.4, -0.2) is 35.0 Å². The Hall–Kier alpha value is -2.90. The average molecular weight is 305 g/mol. The van der Waals surface area contributed by atoms with Gasteiger partial charge in [0.15, 0.2) is 0 Å². The molecule has 0 aliphatic carbocycles. The molecule has 1 aromatic carbocycles. The number of imide groups is 1. The summed E-state index contributed by atoms with van der Waals surface area (Å²) in [7, 11) is 0. The molecule has 0 aromatic heterocycles. The van der Waals surface area contributed by atoms with Crippen molar-refractivity contribution in [1.82, 2.24) is 16.0 Å². The van der Waals surface area contributed by atoms with E-state index in [2.05, 4.69) is 16.0 Å². The zero-order valence-corrected chi connectivity index (χ0v) is 12.0. The number of hydrogen-bond acceptors (Lipinski definition) is 4. The second-order valence-electron chi connectivity index (χ2n) is 5.15. The molecule has 22 heavy (non-hydrogen) atoms. The number of carbonyl (C=O) groups excluding carboxylic acids is 3. The van der Waals surface area contributed by atoms with Gasteiger partial charge in [0.25, 0.3) is 11.8 Å². The summed E-state index contributed by atoms with van der Waals surface area (Å²) in [5.74, 6) is -2.25. The van der Waals surface area contributed by atoms with Crippen molar-refractivity contribution in [2.45, 2.75) is 25.4 Å². The molecule has 4 amide bonds. The van der Waals surface area contributed by atoms with E-state index >= 15 is 0 Å². The van der Waals surface area contributed by atoms with Gasteiger partial charge < -0.3 is 15.7 Å². The Morgan fingerprint density at radius 1 is 1.32 bits per heavy atom. The SMILES string of the molecule is CC(NC(=O)c1cccc(C2(C)NC(=O)NC2=O)c1)C(=O)O. The van der Waals surface area contributed by atoms with E-state index in [-0.39, 0.29) is 5.56 Å². The van der Waals surface area contributed by atoms with Crippen LogP contribution in [-0.2, 0) is 15.1 Å². The molecule has 2 rings (SSSR count). The molecule has 2 unspecified atom stereocenters. The van der Waals surface area contributed by atoms with Gasteiger partial charge in [-0.15, -0.1) is 0 Å². The molecule has 1 aliphatic heterocycles. The number of hydrogen-bond donors (Lipinski definition) is 4. The highest BCUT2D eigenvalue weighted by Crippen LogP contribution is 2.25. The van der Waals surface area contributed by atoms with E-state index in [4.69, 9.17) is 5.11 Å². The number of amides is 4. The van der Waals surface area contributed by atoms with Crippen molar-refractivity contribution in [3.63, 3.8) is 0 Å². The van der Waals surface area contributed by atoms with Gasteiger partial charge >= 0.3 is 12.0 Å². The first-order chi connectivity index (χ1) is 10.2. The van der Waals surface area contributed by atoms with Gasteiger partial charge in [0.05, 0.1) is 0 Å². The van der Waals surface area contributed by atoms with Gasteiger partial charge in [0, 0.05) is 5.56 Å². The van der Waals surface area contributed by atoms with E-state index in [1.165, 1.54) is 26.0 Å². The van der Waals surface area contributed by atoms with Crippen LogP contribution in [0.2, 0.25) is 0 Å². The van der Waals surface area contributed by atoms with Gasteiger partial charge in [-0.2, -0.15) is 0 Å². The lowest BCUT2D eigenvalue weighted by Gasteiger charge is -2.21. The molecule has 1 heterocycles. The summed E-state index contributed by atoms with van der Waals surface area (Å²) in [4.78, 5) is 45.9. The second-order valence-corrected chi connectivity index (χ2v) is 5.15. The topological polar surface area (TPSA) is 125 Å². The molecule has 0 bridgehead atoms. The lowest BCUT2D eigenvalue weighted by Crippen LogP contribution is -2.41. The molecule has 0 radical (unpaired) electrons. The summed E-state index contributed by atoms with van der Waals surface area (Å²) >= 11 is 0. The van der Waals surface area contributed by atoms with Gasteiger partial charge in [-0.1, -0.05) is 12.1 Å². The summed E-state index contributed by atoms with van der Waals surface area (Å²) in [5.41, 5.74) is -0.654. The molecule has 8 nitrogen and oxygen atoms in total. The lowest BCUT2D eigenvalue weighted by molar-refractivity contribution is -0.138. The number of urea groups is 1. The highest BCUT2D eigenvalue weighted by molar-refractivity contribution is 6.07. The maximum absolute atomic E-state index is 12.0. The fourth-order valence-corrected chi connectivity index (χ4v) is 2.06. The standard InChI is InChI=1S/C14H15N3O5/c1-7(11(19)20)15-10(18)8-4-3-5-9(6-8)14(2)12(21)16-13(22)17-14/h3-7H,1-2H3,(H,15,18)(H,19,20)(H2,16,17,21,22). The summed E-state index contributed by atoms with van der Waals surface area (Å²) in [6, 6.07) is 4.44. The van der Waals surface area contributed by atoms with Crippen molar-refractivity contribution >= 4 is 23.8 Å². The van der Waals surface area contributed by atoms with Crippen molar-refractivity contribution in [1.29, 1.82) is 0 Å². The lowest BCUT2D eigenvalue weighted by atomic mass is 9.91. The molecule has 4 N–H and O–H groups in total. The van der Waals surface area contributed by atoms with Crippen LogP contribution in [0.4, 0.5) is 4.79 Å². The Labute approximate surface area is 125 Å². The molecular formula is C14H15N3O5. The number of carboxylic acid groups (broad SMARTS) is 1. The first-order valence-corrected chi connectivity index (χ1v) is 6.52. The summed E-state index contributed by atoms with van der Waals surface area (Å²) in [5, 5.41) is 15.7. The van der Waals surface area contributed by atoms with E-state index in [1.54, 1.807) is 12.1 Å². The molecular weight excluding hydrogens is 290 g/mol. The van der Waals surface area contributed by atoms with Crippen LogP contribution in [0.25, 0.3) is 0 Å². The minimum absolute atomic E-state index is 0.195. The minimum atomic E-state index is -1.27. The third kappa shape index (κ3) is 2.76. The van der Waals surface area contributed by atoms with E-state index in [1.807, 2.05) is 0 Å². The van der Waals surface area contributed by atoms with Gasteiger partial charge in [-0.3, -0.25) is 19.7 Å². The third-order valence-corrected chi connectivity index (χ3v) is 3.46. The predicted molar refractivity (Wildman–Crippen MR) is 75.0 cm³/mol. The van der Waals surface area contributed by atoms with E-state index in [9.17, 15) is 19.2 Å². The van der Waals surface area contributed by atoms with Crippen LogP contribution >= 0.6 is 0 Å². The number of benzene rings is 1. The Bertz CT molecular complexity index is 672. The molecule has 0 saturated carbocycles. The normalized spacial score (nSPS) is 21.7. The summed E-state index contributed by atoms with van der Waals surface area (Å²) < 4.78 is 0. The smallest absolute Gasteiger partial charge is 0.325 e. The molecule has 0 spiro atoms. The molecule has 2 atom stereocenters. The van der Waals surface area contributed by atoms with Crippen LogP contribution in [0.15, 0.2) is 24.3 Å². The van der Waals surface area contributed by atoms with Crippen molar-refractivity contribution in [3.05, 3.63) is 35.4 Å². The highest BCUT2D eigenvalue weighted by atomic mass is 16.4. The van der Waals surface area contributed by atoms with Crippen molar-refractivity contribution in [2.75, 3.05) is 0 Å². The van der Waals surface area contributed by atoms with Gasteiger partial charge in [0.2, 0.25) is 0 Å². The van der Waals surface area contributed by atoms with Crippen LogP contribution in [0.3, 0.4) is 0 Å². The van der Waals surface area contributed by atoms with Gasteiger partial charge in [-0.25, -0.2) is 4.79 Å². The van der Waals surface area contributed by atoms with Crippen molar-refractivity contribution in [3.8, 4) is 0 Å². The molecule has 1 aliphatic rings. The number of nitrogens with one attached hydrogen (secondary N) is 3. The molecule has 116 valence electrons. The second kappa shape index (κ2) is 5.47. The number of aliphatic carboxylic acids is 1. The monoisotopic (exact) mass is 305 g/mol. The first kappa shape index (κ1) is 15.5. The summed E-state index contributed by atoms with van der Waals surface area (Å²) in [6.45, 7) is 2.86. The number of carbonyl (C=O) groups is 4. The van der Waals surface area contributed by atoms with E-state index in [0.29, 0.717) is 5.56 Å². The predicted octanol–water partition coefficient (Wildman–Crippen LogP) is -0.0559. The average Bonchev–Trinajstić information content (AvgIpc) is 2.72. The van der Waals surface area contributed by atoms with Gasteiger partial charge in [-0.05, 0) is 31.5 Å². The maximum Gasteiger partial charge on any atom is 0.325 e. The zero-order chi connectivity index (χ0) is 16.5. The Morgan fingerprint density at radius 3 is 2.55 bits per heavy atom. The van der Waals surface area contributed by atoms with Crippen LogP contribution < -0.4 is 16.0 Å². The Balaban J connectivity index is 2.27. The van der Waals surface area contributed by atoms with E-state index in [0.717, 1.165) is 0 Å². The summed E-state index contributed by atoms with van der Waals surface area (Å²) in [6.07, 6.45) is 0. The number of carboxylic acids is 1. The molecule has 1 saturated heterocycles. The van der Waals surface area contributed by atoms with Crippen molar-refractivity contribution < 1.29 is 24.3 Å². The van der Waals surface area contributed by atoms with Crippen molar-refractivity contribution in [2.24, 2.45) is 0 Å². The largest absolute Gasteiger partial charge is 0.480 e. The molecule has 1 aromatic rings. The highest BCUT2D eigenvalue weighted by Gasteiger charge is 2.43. The van der Waals surface area contributed by atoms with Crippen LogP contribution in [0.1, 0.15) is 29.8 Å². The zero-order valence-electron chi connectivity index (χ0n) is 12.0. The molecule has 8 heteroatoms. The fraction of sp³-hybridized carbons (Fsp3) is 0.286. The van der Waals surface area contributed by atoms with Crippen LogP contribution in [0.5, 0.6) is 0 Å². The minimum Gasteiger partial charge on any atom is -0.480 e. The Morgan fingerprint density at radius 2 is 2.00 bits per heavy atom.